The normalized spacial score (nSPS) is 13.1. The van der Waals surface area contributed by atoms with Crippen molar-refractivity contribution in [1.29, 1.82) is 0 Å². The topological polar surface area (TPSA) is 74.1 Å². The molecule has 0 aliphatic carbocycles. The highest BCUT2D eigenvalue weighted by molar-refractivity contribution is 8.13. The zero-order valence-corrected chi connectivity index (χ0v) is 11.1. The number of methoxy groups -OCH3 is 1. The smallest absolute Gasteiger partial charge is 0.296 e. The highest BCUT2D eigenvalue weighted by Gasteiger charge is 2.25. The monoisotopic (exact) mass is 267 g/mol. The number of halogens is 1. The molecule has 0 aromatic carbocycles. The van der Waals surface area contributed by atoms with Crippen molar-refractivity contribution in [3.05, 3.63) is 5.82 Å². The van der Waals surface area contributed by atoms with E-state index in [1.165, 1.54) is 4.57 Å². The Hall–Kier alpha value is -0.660. The molecule has 0 aliphatic heterocycles. The summed E-state index contributed by atoms with van der Waals surface area (Å²) in [5.41, 5.74) is -0.436. The minimum Gasteiger partial charge on any atom is -0.378 e. The quantitative estimate of drug-likeness (QED) is 0.751. The van der Waals surface area contributed by atoms with E-state index in [0.717, 1.165) is 0 Å². The number of ether oxygens (including phenoxy) is 1. The summed E-state index contributed by atoms with van der Waals surface area (Å²) in [7, 11) is 4.48. The molecule has 0 bridgehead atoms. The molecule has 8 heteroatoms. The molecule has 1 heterocycles. The van der Waals surface area contributed by atoms with Crippen molar-refractivity contribution in [3.8, 4) is 0 Å². The van der Waals surface area contributed by atoms with Gasteiger partial charge in [0.2, 0.25) is 0 Å². The van der Waals surface area contributed by atoms with Gasteiger partial charge in [0.05, 0.1) is 5.60 Å². The second-order valence-corrected chi connectivity index (χ2v) is 6.50. The van der Waals surface area contributed by atoms with Gasteiger partial charge in [0, 0.05) is 31.3 Å². The summed E-state index contributed by atoms with van der Waals surface area (Å²) in [6.45, 7) is 3.74. The molecule has 0 atom stereocenters. The van der Waals surface area contributed by atoms with Crippen LogP contribution < -0.4 is 0 Å². The highest BCUT2D eigenvalue weighted by atomic mass is 35.7. The van der Waals surface area contributed by atoms with Gasteiger partial charge < -0.3 is 9.30 Å². The molecule has 1 rings (SSSR count). The molecule has 1 aromatic heterocycles. The summed E-state index contributed by atoms with van der Waals surface area (Å²) in [6.07, 6.45) is 0.444. The van der Waals surface area contributed by atoms with Gasteiger partial charge in [-0.1, -0.05) is 0 Å². The van der Waals surface area contributed by atoms with Crippen LogP contribution in [0.15, 0.2) is 5.16 Å². The third-order valence-corrected chi connectivity index (χ3v) is 3.49. The van der Waals surface area contributed by atoms with E-state index in [-0.39, 0.29) is 5.16 Å². The first-order valence-electron chi connectivity index (χ1n) is 4.55. The van der Waals surface area contributed by atoms with Gasteiger partial charge in [-0.05, 0) is 13.8 Å². The number of rotatable bonds is 4. The molecule has 0 saturated heterocycles. The maximum absolute atomic E-state index is 11.1. The standard InChI is InChI=1S/C8H14ClN3O3S/c1-8(2,15-4)5-6-10-11-7(12(6)3)16(9,13)14/h5H2,1-4H3. The predicted octanol–water partition coefficient (Wildman–Crippen LogP) is 0.710. The van der Waals surface area contributed by atoms with E-state index < -0.39 is 14.7 Å². The van der Waals surface area contributed by atoms with Crippen LogP contribution in [-0.2, 0) is 27.3 Å². The Morgan fingerprint density at radius 3 is 2.38 bits per heavy atom. The summed E-state index contributed by atoms with van der Waals surface area (Å²) in [4.78, 5) is 0. The van der Waals surface area contributed by atoms with Gasteiger partial charge in [0.1, 0.15) is 5.82 Å². The first kappa shape index (κ1) is 13.4. The molecule has 92 valence electrons. The zero-order chi connectivity index (χ0) is 12.6. The van der Waals surface area contributed by atoms with Crippen molar-refractivity contribution in [3.63, 3.8) is 0 Å². The zero-order valence-electron chi connectivity index (χ0n) is 9.56. The van der Waals surface area contributed by atoms with Gasteiger partial charge >= 0.3 is 0 Å². The second kappa shape index (κ2) is 4.31. The lowest BCUT2D eigenvalue weighted by atomic mass is 10.1. The van der Waals surface area contributed by atoms with Crippen molar-refractivity contribution in [1.82, 2.24) is 14.8 Å². The highest BCUT2D eigenvalue weighted by Crippen LogP contribution is 2.17. The molecule has 0 spiro atoms. The fourth-order valence-corrected chi connectivity index (χ4v) is 2.14. The SMILES string of the molecule is COC(C)(C)Cc1nnc(S(=O)(=O)Cl)n1C. The van der Waals surface area contributed by atoms with E-state index in [2.05, 4.69) is 10.2 Å². The number of hydrogen-bond donors (Lipinski definition) is 0. The lowest BCUT2D eigenvalue weighted by molar-refractivity contribution is 0.0209. The Morgan fingerprint density at radius 2 is 2.00 bits per heavy atom. The average molecular weight is 268 g/mol. The fraction of sp³-hybridized carbons (Fsp3) is 0.750. The fourth-order valence-electron chi connectivity index (χ4n) is 1.16. The van der Waals surface area contributed by atoms with Crippen molar-refractivity contribution in [2.24, 2.45) is 7.05 Å². The van der Waals surface area contributed by atoms with Gasteiger partial charge in [-0.25, -0.2) is 8.42 Å². The molecule has 0 radical (unpaired) electrons. The second-order valence-electron chi connectivity index (χ2n) is 4.04. The molecule has 1 aromatic rings. The summed E-state index contributed by atoms with van der Waals surface area (Å²) in [5.74, 6) is 0.506. The molecule has 0 N–H and O–H groups in total. The van der Waals surface area contributed by atoms with E-state index in [4.69, 9.17) is 15.4 Å². The molecule has 16 heavy (non-hydrogen) atoms. The van der Waals surface area contributed by atoms with Crippen LogP contribution in [0, 0.1) is 0 Å². The summed E-state index contributed by atoms with van der Waals surface area (Å²) in [5, 5.41) is 7.07. The molecule has 0 aliphatic rings. The first-order chi connectivity index (χ1) is 7.17. The maximum atomic E-state index is 11.1. The van der Waals surface area contributed by atoms with Crippen molar-refractivity contribution in [2.75, 3.05) is 7.11 Å². The Bertz CT molecular complexity index is 481. The Labute approximate surface area is 99.0 Å². The largest absolute Gasteiger partial charge is 0.378 e. The van der Waals surface area contributed by atoms with Crippen molar-refractivity contribution in [2.45, 2.75) is 31.0 Å². The number of aromatic nitrogens is 3. The van der Waals surface area contributed by atoms with Crippen LogP contribution >= 0.6 is 10.7 Å². The third-order valence-electron chi connectivity index (χ3n) is 2.28. The predicted molar refractivity (Wildman–Crippen MR) is 58.8 cm³/mol. The van der Waals surface area contributed by atoms with Crippen LogP contribution in [0.25, 0.3) is 0 Å². The number of nitrogens with zero attached hydrogens (tertiary/aromatic N) is 3. The molecular weight excluding hydrogens is 254 g/mol. The van der Waals surface area contributed by atoms with Crippen molar-refractivity contribution >= 4 is 19.7 Å². The Kier molecular flexibility index (Phi) is 3.61. The van der Waals surface area contributed by atoms with E-state index in [1.807, 2.05) is 13.8 Å². The molecule has 0 saturated carbocycles. The minimum atomic E-state index is -3.85. The molecule has 0 amide bonds. The van der Waals surface area contributed by atoms with Crippen LogP contribution in [0.5, 0.6) is 0 Å². The summed E-state index contributed by atoms with van der Waals surface area (Å²) >= 11 is 0. The molecule has 6 nitrogen and oxygen atoms in total. The summed E-state index contributed by atoms with van der Waals surface area (Å²) < 4.78 is 28.8. The minimum absolute atomic E-state index is 0.254. The van der Waals surface area contributed by atoms with Crippen LogP contribution in [0.4, 0.5) is 0 Å². The van der Waals surface area contributed by atoms with Crippen LogP contribution in [-0.4, -0.2) is 35.9 Å². The third kappa shape index (κ3) is 2.93. The van der Waals surface area contributed by atoms with Gasteiger partial charge in [0.15, 0.2) is 0 Å². The molecule has 0 unspecified atom stereocenters. The Balaban J connectivity index is 3.07. The molecule has 0 fully saturated rings. The molecular formula is C8H14ClN3O3S. The lowest BCUT2D eigenvalue weighted by Crippen LogP contribution is -2.27. The van der Waals surface area contributed by atoms with Crippen LogP contribution in [0.3, 0.4) is 0 Å². The van der Waals surface area contributed by atoms with Gasteiger partial charge in [-0.2, -0.15) is 0 Å². The summed E-state index contributed by atoms with van der Waals surface area (Å²) in [6, 6.07) is 0. The van der Waals surface area contributed by atoms with E-state index in [9.17, 15) is 8.42 Å². The van der Waals surface area contributed by atoms with Crippen LogP contribution in [0.1, 0.15) is 19.7 Å². The van der Waals surface area contributed by atoms with Crippen LogP contribution in [0.2, 0.25) is 0 Å². The first-order valence-corrected chi connectivity index (χ1v) is 6.86. The maximum Gasteiger partial charge on any atom is 0.296 e. The number of hydrogen-bond acceptors (Lipinski definition) is 5. The van der Waals surface area contributed by atoms with Crippen molar-refractivity contribution < 1.29 is 13.2 Å². The van der Waals surface area contributed by atoms with Gasteiger partial charge in [-0.15, -0.1) is 10.2 Å². The lowest BCUT2D eigenvalue weighted by Gasteiger charge is -2.21. The van der Waals surface area contributed by atoms with Gasteiger partial charge in [-0.3, -0.25) is 0 Å². The Morgan fingerprint density at radius 1 is 1.44 bits per heavy atom. The average Bonchev–Trinajstić information content (AvgIpc) is 2.47. The van der Waals surface area contributed by atoms with E-state index in [1.54, 1.807) is 14.2 Å². The van der Waals surface area contributed by atoms with Gasteiger partial charge in [0.25, 0.3) is 14.2 Å². The van der Waals surface area contributed by atoms with E-state index >= 15 is 0 Å². The van der Waals surface area contributed by atoms with E-state index in [0.29, 0.717) is 12.2 Å².